The molecule has 6 rings (SSSR count). The largest absolute Gasteiger partial charge is 0.381 e. The highest BCUT2D eigenvalue weighted by atomic mass is 16.2. The maximum absolute atomic E-state index is 13.7. The van der Waals surface area contributed by atoms with E-state index >= 15 is 0 Å². The molecule has 0 radical (unpaired) electrons. The first-order valence-corrected chi connectivity index (χ1v) is 11.5. The molecule has 1 unspecified atom stereocenters. The minimum Gasteiger partial charge on any atom is -0.381 e. The number of rotatable bonds is 4. The number of nitrogens with one attached hydrogen (secondary N) is 1. The zero-order valence-electron chi connectivity index (χ0n) is 18.7. The molecule has 170 valence electrons. The Hall–Kier alpha value is -4.19. The molecule has 9 nitrogen and oxygen atoms in total. The van der Waals surface area contributed by atoms with Gasteiger partial charge in [-0.3, -0.25) is 14.2 Å². The van der Waals surface area contributed by atoms with Crippen molar-refractivity contribution >= 4 is 28.3 Å². The molecular weight excluding hydrogens is 430 g/mol. The van der Waals surface area contributed by atoms with Crippen molar-refractivity contribution in [2.45, 2.75) is 44.7 Å². The van der Waals surface area contributed by atoms with Crippen molar-refractivity contribution in [2.75, 3.05) is 5.73 Å². The number of amides is 1. The molecular formula is C25H23N7O2. The number of nitrogens with two attached hydrogens (primary N) is 1. The monoisotopic (exact) mass is 453 g/mol. The summed E-state index contributed by atoms with van der Waals surface area (Å²) >= 11 is 0. The third kappa shape index (κ3) is 3.48. The molecule has 3 heterocycles. The smallest absolute Gasteiger partial charge is 0.262 e. The van der Waals surface area contributed by atoms with Gasteiger partial charge in [0.15, 0.2) is 11.5 Å². The van der Waals surface area contributed by atoms with Crippen LogP contribution in [0.25, 0.3) is 16.6 Å². The van der Waals surface area contributed by atoms with E-state index in [1.807, 2.05) is 25.1 Å². The first-order valence-electron chi connectivity index (χ1n) is 11.5. The summed E-state index contributed by atoms with van der Waals surface area (Å²) in [6.45, 7) is 1.82. The first-order chi connectivity index (χ1) is 16.5. The second kappa shape index (κ2) is 7.70. The average molecular weight is 454 g/mol. The molecule has 1 amide bonds. The van der Waals surface area contributed by atoms with E-state index in [0.717, 1.165) is 25.7 Å². The minimum absolute atomic E-state index is 0.0758. The number of nitrogen functional groups attached to an aromatic ring is 1. The molecule has 0 aliphatic heterocycles. The van der Waals surface area contributed by atoms with Gasteiger partial charge in [0.25, 0.3) is 11.5 Å². The number of carbonyl (C=O) groups is 1. The van der Waals surface area contributed by atoms with Crippen LogP contribution in [0.5, 0.6) is 0 Å². The molecule has 0 saturated heterocycles. The summed E-state index contributed by atoms with van der Waals surface area (Å²) in [5, 5.41) is 7.65. The zero-order valence-corrected chi connectivity index (χ0v) is 18.7. The summed E-state index contributed by atoms with van der Waals surface area (Å²) in [6.07, 6.45) is 7.31. The highest BCUT2D eigenvalue weighted by Gasteiger charge is 2.31. The van der Waals surface area contributed by atoms with Gasteiger partial charge in [-0.15, -0.1) is 5.10 Å². The first kappa shape index (κ1) is 20.4. The number of hydrogen-bond acceptors (Lipinski definition) is 6. The SMILES string of the molecule is CC(NC(=O)c1c(N)nn2cccnc12)c1nc2cccc(C#CC3CC3)c2c(=O)n1C1CC1. The Labute approximate surface area is 195 Å². The van der Waals surface area contributed by atoms with Crippen molar-refractivity contribution in [1.82, 2.24) is 29.5 Å². The Morgan fingerprint density at radius 2 is 2.06 bits per heavy atom. The van der Waals surface area contributed by atoms with Gasteiger partial charge in [-0.1, -0.05) is 17.9 Å². The zero-order chi connectivity index (χ0) is 23.4. The molecule has 3 N–H and O–H groups in total. The highest BCUT2D eigenvalue weighted by Crippen LogP contribution is 2.36. The Kier molecular flexibility index (Phi) is 4.62. The molecule has 2 aliphatic rings. The van der Waals surface area contributed by atoms with Crippen molar-refractivity contribution < 1.29 is 4.79 Å². The number of hydrogen-bond donors (Lipinski definition) is 2. The summed E-state index contributed by atoms with van der Waals surface area (Å²) in [5.74, 6) is 7.07. The van der Waals surface area contributed by atoms with Crippen LogP contribution in [-0.2, 0) is 0 Å². The number of aromatic nitrogens is 5. The van der Waals surface area contributed by atoms with Crippen molar-refractivity contribution in [3.05, 3.63) is 64.0 Å². The molecule has 1 aromatic carbocycles. The Morgan fingerprint density at radius 3 is 2.82 bits per heavy atom. The fourth-order valence-corrected chi connectivity index (χ4v) is 4.22. The molecule has 4 aromatic rings. The fraction of sp³-hybridized carbons (Fsp3) is 0.320. The van der Waals surface area contributed by atoms with Crippen LogP contribution in [0.4, 0.5) is 5.82 Å². The van der Waals surface area contributed by atoms with Gasteiger partial charge < -0.3 is 11.1 Å². The lowest BCUT2D eigenvalue weighted by Crippen LogP contribution is -2.34. The number of nitrogens with zero attached hydrogens (tertiary/aromatic N) is 5. The summed E-state index contributed by atoms with van der Waals surface area (Å²) in [7, 11) is 0. The molecule has 2 saturated carbocycles. The minimum atomic E-state index is -0.538. The van der Waals surface area contributed by atoms with Crippen molar-refractivity contribution in [1.29, 1.82) is 0 Å². The van der Waals surface area contributed by atoms with E-state index in [1.165, 1.54) is 4.52 Å². The van der Waals surface area contributed by atoms with E-state index in [-0.39, 0.29) is 23.0 Å². The predicted octanol–water partition coefficient (Wildman–Crippen LogP) is 2.61. The second-order valence-electron chi connectivity index (χ2n) is 8.96. The van der Waals surface area contributed by atoms with Crippen LogP contribution < -0.4 is 16.6 Å². The molecule has 0 spiro atoms. The molecule has 34 heavy (non-hydrogen) atoms. The van der Waals surface area contributed by atoms with Gasteiger partial charge in [-0.05, 0) is 50.8 Å². The standard InChI is InChI=1S/C25H23N7O2/c1-14(28-24(33)20-21(26)30-31-13-3-12-27-23(20)31)22-29-18-5-2-4-16(9-8-15-6-7-15)19(18)25(34)32(22)17-10-11-17/h2-5,12-15,17H,6-7,10-11H2,1H3,(H2,26,30)(H,28,33). The van der Waals surface area contributed by atoms with E-state index in [1.54, 1.807) is 23.0 Å². The molecule has 3 aromatic heterocycles. The predicted molar refractivity (Wildman–Crippen MR) is 127 cm³/mol. The molecule has 9 heteroatoms. The van der Waals surface area contributed by atoms with Gasteiger partial charge in [0.2, 0.25) is 0 Å². The summed E-state index contributed by atoms with van der Waals surface area (Å²) in [6, 6.07) is 6.81. The van der Waals surface area contributed by atoms with Gasteiger partial charge in [0.05, 0.1) is 16.9 Å². The van der Waals surface area contributed by atoms with Crippen LogP contribution in [0.3, 0.4) is 0 Å². The fourth-order valence-electron chi connectivity index (χ4n) is 4.22. The third-order valence-electron chi connectivity index (χ3n) is 6.24. The van der Waals surface area contributed by atoms with E-state index in [4.69, 9.17) is 10.7 Å². The average Bonchev–Trinajstić information content (AvgIpc) is 3.74. The Morgan fingerprint density at radius 1 is 1.24 bits per heavy atom. The third-order valence-corrected chi connectivity index (χ3v) is 6.24. The second-order valence-corrected chi connectivity index (χ2v) is 8.96. The van der Waals surface area contributed by atoms with Crippen molar-refractivity contribution in [3.8, 4) is 11.8 Å². The number of carbonyl (C=O) groups excluding carboxylic acids is 1. The Bertz CT molecular complexity index is 1580. The van der Waals surface area contributed by atoms with Crippen LogP contribution in [-0.4, -0.2) is 30.1 Å². The topological polar surface area (TPSA) is 120 Å². The van der Waals surface area contributed by atoms with Gasteiger partial charge in [-0.25, -0.2) is 14.5 Å². The lowest BCUT2D eigenvalue weighted by atomic mass is 10.1. The van der Waals surface area contributed by atoms with Gasteiger partial charge in [0, 0.05) is 29.9 Å². The van der Waals surface area contributed by atoms with Crippen LogP contribution in [0.1, 0.15) is 66.4 Å². The van der Waals surface area contributed by atoms with E-state index in [9.17, 15) is 9.59 Å². The van der Waals surface area contributed by atoms with Crippen molar-refractivity contribution in [3.63, 3.8) is 0 Å². The number of anilines is 1. The van der Waals surface area contributed by atoms with Gasteiger partial charge >= 0.3 is 0 Å². The lowest BCUT2D eigenvalue weighted by molar-refractivity contribution is 0.0939. The molecule has 0 bridgehead atoms. The number of benzene rings is 1. The molecule has 2 aliphatic carbocycles. The van der Waals surface area contributed by atoms with Crippen LogP contribution in [0, 0.1) is 17.8 Å². The Balaban J connectivity index is 1.41. The summed E-state index contributed by atoms with van der Waals surface area (Å²) in [4.78, 5) is 35.9. The van der Waals surface area contributed by atoms with Gasteiger partial charge in [0.1, 0.15) is 11.4 Å². The quantitative estimate of drug-likeness (QED) is 0.458. The normalized spacial score (nSPS) is 16.3. The van der Waals surface area contributed by atoms with E-state index in [2.05, 4.69) is 27.2 Å². The summed E-state index contributed by atoms with van der Waals surface area (Å²) < 4.78 is 3.20. The van der Waals surface area contributed by atoms with E-state index in [0.29, 0.717) is 33.9 Å². The molecule has 1 atom stereocenters. The van der Waals surface area contributed by atoms with Crippen LogP contribution in [0.15, 0.2) is 41.5 Å². The summed E-state index contributed by atoms with van der Waals surface area (Å²) in [5.41, 5.74) is 7.76. The van der Waals surface area contributed by atoms with Crippen LogP contribution >= 0.6 is 0 Å². The maximum Gasteiger partial charge on any atom is 0.262 e. The van der Waals surface area contributed by atoms with Crippen molar-refractivity contribution in [2.24, 2.45) is 5.92 Å². The lowest BCUT2D eigenvalue weighted by Gasteiger charge is -2.19. The highest BCUT2D eigenvalue weighted by molar-refractivity contribution is 6.04. The molecule has 2 fully saturated rings. The maximum atomic E-state index is 13.7. The van der Waals surface area contributed by atoms with Crippen LogP contribution in [0.2, 0.25) is 0 Å². The van der Waals surface area contributed by atoms with E-state index < -0.39 is 11.9 Å². The van der Waals surface area contributed by atoms with Gasteiger partial charge in [-0.2, -0.15) is 0 Å². The number of fused-ring (bicyclic) bond motifs is 2.